The number of nitro groups is 1. The van der Waals surface area contributed by atoms with Gasteiger partial charge in [0.25, 0.3) is 0 Å². The van der Waals surface area contributed by atoms with E-state index in [1.807, 2.05) is 0 Å². The van der Waals surface area contributed by atoms with Gasteiger partial charge in [-0.15, -0.1) is 0 Å². The molecule has 0 bridgehead atoms. The van der Waals surface area contributed by atoms with Crippen molar-refractivity contribution >= 4 is 33.0 Å². The van der Waals surface area contributed by atoms with Crippen molar-refractivity contribution in [3.63, 3.8) is 0 Å². The Morgan fingerprint density at radius 1 is 1.10 bits per heavy atom. The molecule has 0 radical (unpaired) electrons. The van der Waals surface area contributed by atoms with E-state index in [1.165, 1.54) is 6.07 Å². The average molecular weight is 347 g/mol. The predicted molar refractivity (Wildman–Crippen MR) is 70.4 cm³/mol. The Balaban J connectivity index is 2.51. The number of nitro benzene ring substituents is 1. The summed E-state index contributed by atoms with van der Waals surface area (Å²) in [6, 6.07) is 5.20. The summed E-state index contributed by atoms with van der Waals surface area (Å²) in [5.74, 6) is -3.02. The van der Waals surface area contributed by atoms with Crippen LogP contribution in [0.4, 0.5) is 30.2 Å². The first-order chi connectivity index (χ1) is 9.40. The molecule has 0 spiro atoms. The summed E-state index contributed by atoms with van der Waals surface area (Å²) >= 11 is 2.91. The minimum atomic E-state index is -1.10. The minimum absolute atomic E-state index is 0.173. The molecule has 2 rings (SSSR count). The first-order valence-electron chi connectivity index (χ1n) is 5.24. The first-order valence-corrected chi connectivity index (χ1v) is 6.04. The second-order valence-electron chi connectivity index (χ2n) is 3.76. The standard InChI is InChI=1S/C12H6BrF3N2O2/c13-6-4-8(15)11(9(16)5-6)17-10-3-1-2-7(14)12(10)18(19)20/h1-5,17H. The molecule has 0 unspecified atom stereocenters. The highest BCUT2D eigenvalue weighted by atomic mass is 79.9. The number of halogens is 4. The topological polar surface area (TPSA) is 55.2 Å². The second kappa shape index (κ2) is 5.49. The fourth-order valence-electron chi connectivity index (χ4n) is 1.60. The Labute approximate surface area is 119 Å². The molecule has 0 atom stereocenters. The number of para-hydroxylation sites is 1. The quantitative estimate of drug-likeness (QED) is 0.656. The third-order valence-corrected chi connectivity index (χ3v) is 2.89. The van der Waals surface area contributed by atoms with Gasteiger partial charge >= 0.3 is 5.69 Å². The molecule has 1 N–H and O–H groups in total. The summed E-state index contributed by atoms with van der Waals surface area (Å²) in [6.45, 7) is 0. The Kier molecular flexibility index (Phi) is 3.93. The van der Waals surface area contributed by atoms with Crippen molar-refractivity contribution in [2.24, 2.45) is 0 Å². The van der Waals surface area contributed by atoms with E-state index in [-0.39, 0.29) is 10.2 Å². The van der Waals surface area contributed by atoms with E-state index in [0.717, 1.165) is 24.3 Å². The van der Waals surface area contributed by atoms with E-state index in [1.54, 1.807) is 0 Å². The Morgan fingerprint density at radius 3 is 2.25 bits per heavy atom. The minimum Gasteiger partial charge on any atom is -0.345 e. The SMILES string of the molecule is O=[N+]([O-])c1c(F)cccc1Nc1c(F)cc(Br)cc1F. The maximum atomic E-state index is 13.6. The monoisotopic (exact) mass is 346 g/mol. The van der Waals surface area contributed by atoms with Crippen molar-refractivity contribution in [1.29, 1.82) is 0 Å². The fraction of sp³-hybridized carbons (Fsp3) is 0. The van der Waals surface area contributed by atoms with Crippen LogP contribution in [-0.4, -0.2) is 4.92 Å². The first kappa shape index (κ1) is 14.3. The summed E-state index contributed by atoms with van der Waals surface area (Å²) in [7, 11) is 0. The van der Waals surface area contributed by atoms with Gasteiger partial charge in [-0.3, -0.25) is 10.1 Å². The summed E-state index contributed by atoms with van der Waals surface area (Å²) in [5, 5.41) is 13.0. The lowest BCUT2D eigenvalue weighted by molar-refractivity contribution is -0.386. The molecule has 0 aromatic heterocycles. The van der Waals surface area contributed by atoms with Crippen molar-refractivity contribution in [2.75, 3.05) is 5.32 Å². The van der Waals surface area contributed by atoms with Crippen LogP contribution in [0.15, 0.2) is 34.8 Å². The van der Waals surface area contributed by atoms with E-state index >= 15 is 0 Å². The van der Waals surface area contributed by atoms with E-state index in [9.17, 15) is 23.3 Å². The molecule has 0 aliphatic rings. The van der Waals surface area contributed by atoms with Crippen LogP contribution in [0.3, 0.4) is 0 Å². The van der Waals surface area contributed by atoms with Crippen molar-refractivity contribution < 1.29 is 18.1 Å². The number of hydrogen-bond donors (Lipinski definition) is 1. The van der Waals surface area contributed by atoms with Crippen molar-refractivity contribution in [3.05, 3.63) is 62.4 Å². The average Bonchev–Trinajstić information content (AvgIpc) is 2.33. The highest BCUT2D eigenvalue weighted by Crippen LogP contribution is 2.33. The molecule has 20 heavy (non-hydrogen) atoms. The number of hydrogen-bond acceptors (Lipinski definition) is 3. The molecule has 2 aromatic rings. The molecule has 0 amide bonds. The largest absolute Gasteiger partial charge is 0.345 e. The van der Waals surface area contributed by atoms with Crippen LogP contribution in [0.25, 0.3) is 0 Å². The molecular weight excluding hydrogens is 341 g/mol. The van der Waals surface area contributed by atoms with Gasteiger partial charge in [0.2, 0.25) is 5.82 Å². The molecule has 0 saturated heterocycles. The smallest absolute Gasteiger partial charge is 0.327 e. The summed E-state index contributed by atoms with van der Waals surface area (Å²) < 4.78 is 40.8. The van der Waals surface area contributed by atoms with Crippen LogP contribution < -0.4 is 5.32 Å². The van der Waals surface area contributed by atoms with Crippen LogP contribution in [0.2, 0.25) is 0 Å². The number of rotatable bonds is 3. The van der Waals surface area contributed by atoms with Gasteiger partial charge in [0.05, 0.1) is 4.92 Å². The lowest BCUT2D eigenvalue weighted by Gasteiger charge is -2.10. The van der Waals surface area contributed by atoms with E-state index in [0.29, 0.717) is 0 Å². The Morgan fingerprint density at radius 2 is 1.70 bits per heavy atom. The lowest BCUT2D eigenvalue weighted by Crippen LogP contribution is -2.02. The maximum Gasteiger partial charge on any atom is 0.327 e. The third kappa shape index (κ3) is 2.74. The van der Waals surface area contributed by atoms with Gasteiger partial charge in [-0.2, -0.15) is 4.39 Å². The molecule has 0 aliphatic heterocycles. The van der Waals surface area contributed by atoms with Gasteiger partial charge in [-0.1, -0.05) is 22.0 Å². The van der Waals surface area contributed by atoms with E-state index in [4.69, 9.17) is 0 Å². The van der Waals surface area contributed by atoms with Crippen molar-refractivity contribution in [2.45, 2.75) is 0 Å². The fourth-order valence-corrected chi connectivity index (χ4v) is 2.00. The van der Waals surface area contributed by atoms with E-state index < -0.39 is 33.7 Å². The molecule has 4 nitrogen and oxygen atoms in total. The zero-order valence-electron chi connectivity index (χ0n) is 9.66. The third-order valence-electron chi connectivity index (χ3n) is 2.44. The Bertz CT molecular complexity index is 671. The normalized spacial score (nSPS) is 10.4. The molecular formula is C12H6BrF3N2O2. The number of anilines is 2. The summed E-state index contributed by atoms with van der Waals surface area (Å²) in [6.07, 6.45) is 0. The van der Waals surface area contributed by atoms with Crippen LogP contribution in [0.5, 0.6) is 0 Å². The van der Waals surface area contributed by atoms with Crippen LogP contribution in [0, 0.1) is 27.6 Å². The van der Waals surface area contributed by atoms with Crippen molar-refractivity contribution in [3.8, 4) is 0 Å². The predicted octanol–water partition coefficient (Wildman–Crippen LogP) is 4.52. The number of nitrogens with one attached hydrogen (secondary N) is 1. The van der Waals surface area contributed by atoms with Crippen LogP contribution >= 0.6 is 15.9 Å². The van der Waals surface area contributed by atoms with Crippen molar-refractivity contribution in [1.82, 2.24) is 0 Å². The molecule has 8 heteroatoms. The summed E-state index contributed by atoms with van der Waals surface area (Å²) in [4.78, 5) is 9.82. The number of benzene rings is 2. The summed E-state index contributed by atoms with van der Waals surface area (Å²) in [5.41, 5.74) is -1.81. The molecule has 0 aliphatic carbocycles. The highest BCUT2D eigenvalue weighted by molar-refractivity contribution is 9.10. The lowest BCUT2D eigenvalue weighted by atomic mass is 10.2. The van der Waals surface area contributed by atoms with Crippen LogP contribution in [0.1, 0.15) is 0 Å². The molecule has 0 heterocycles. The molecule has 0 fully saturated rings. The molecule has 2 aromatic carbocycles. The van der Waals surface area contributed by atoms with Gasteiger partial charge in [0.15, 0.2) is 11.6 Å². The van der Waals surface area contributed by atoms with Crippen LogP contribution in [-0.2, 0) is 0 Å². The van der Waals surface area contributed by atoms with Gasteiger partial charge in [-0.05, 0) is 24.3 Å². The highest BCUT2D eigenvalue weighted by Gasteiger charge is 2.22. The zero-order chi connectivity index (χ0) is 14.9. The van der Waals surface area contributed by atoms with Gasteiger partial charge in [0, 0.05) is 4.47 Å². The van der Waals surface area contributed by atoms with Gasteiger partial charge < -0.3 is 5.32 Å². The Hall–Kier alpha value is -2.09. The van der Waals surface area contributed by atoms with Gasteiger partial charge in [0.1, 0.15) is 11.4 Å². The van der Waals surface area contributed by atoms with E-state index in [2.05, 4.69) is 21.2 Å². The molecule has 0 saturated carbocycles. The second-order valence-corrected chi connectivity index (χ2v) is 4.68. The van der Waals surface area contributed by atoms with Gasteiger partial charge in [-0.25, -0.2) is 8.78 Å². The number of nitrogens with zero attached hydrogens (tertiary/aromatic N) is 1. The zero-order valence-corrected chi connectivity index (χ0v) is 11.2. The molecule has 104 valence electrons. The maximum absolute atomic E-state index is 13.6.